The largest absolute Gasteiger partial charge is 0.493 e. The zero-order valence-electron chi connectivity index (χ0n) is 10.7. The van der Waals surface area contributed by atoms with E-state index in [1.165, 1.54) is 18.6 Å². The van der Waals surface area contributed by atoms with E-state index in [9.17, 15) is 4.79 Å². The Morgan fingerprint density at radius 3 is 2.89 bits per heavy atom. The fraction of sp³-hybridized carbons (Fsp3) is 0.286. The van der Waals surface area contributed by atoms with Crippen LogP contribution in [0.1, 0.15) is 12.0 Å². The molecule has 1 aromatic carbocycles. The Morgan fingerprint density at radius 1 is 1.26 bits per heavy atom. The molecule has 0 saturated carbocycles. The number of para-hydroxylation sites is 1. The average molecular weight is 259 g/mol. The van der Waals surface area contributed by atoms with Crippen LogP contribution in [-0.4, -0.2) is 16.2 Å². The van der Waals surface area contributed by atoms with Gasteiger partial charge in [-0.1, -0.05) is 18.2 Å². The molecular weight excluding hydrogens is 242 g/mol. The van der Waals surface area contributed by atoms with Crippen molar-refractivity contribution in [2.75, 3.05) is 6.61 Å². The molecule has 0 unspecified atom stereocenters. The maximum absolute atomic E-state index is 11.4. The SMILES string of the molecule is NCc1ccccc1OCCCn1cnccc1=O. The highest BCUT2D eigenvalue weighted by Crippen LogP contribution is 2.17. The van der Waals surface area contributed by atoms with E-state index in [4.69, 9.17) is 10.5 Å². The molecule has 0 bridgehead atoms. The lowest BCUT2D eigenvalue weighted by atomic mass is 10.2. The molecule has 0 aliphatic carbocycles. The van der Waals surface area contributed by atoms with Gasteiger partial charge in [0.05, 0.1) is 12.9 Å². The average Bonchev–Trinajstić information content (AvgIpc) is 2.45. The molecule has 0 aliphatic heterocycles. The van der Waals surface area contributed by atoms with Gasteiger partial charge in [-0.15, -0.1) is 0 Å². The van der Waals surface area contributed by atoms with E-state index in [0.29, 0.717) is 19.7 Å². The van der Waals surface area contributed by atoms with Crippen LogP contribution >= 0.6 is 0 Å². The summed E-state index contributed by atoms with van der Waals surface area (Å²) in [5.74, 6) is 0.809. The molecule has 0 amide bonds. The van der Waals surface area contributed by atoms with Gasteiger partial charge in [0.25, 0.3) is 5.56 Å². The Kier molecular flexibility index (Phi) is 4.69. The second-order valence-corrected chi connectivity index (χ2v) is 4.13. The van der Waals surface area contributed by atoms with Gasteiger partial charge in [-0.25, -0.2) is 4.98 Å². The minimum atomic E-state index is -0.0441. The number of rotatable bonds is 6. The minimum absolute atomic E-state index is 0.0441. The minimum Gasteiger partial charge on any atom is -0.493 e. The summed E-state index contributed by atoms with van der Waals surface area (Å²) in [6.07, 6.45) is 3.77. The van der Waals surface area contributed by atoms with E-state index >= 15 is 0 Å². The summed E-state index contributed by atoms with van der Waals surface area (Å²) < 4.78 is 7.24. The molecule has 2 rings (SSSR count). The third-order valence-electron chi connectivity index (χ3n) is 2.79. The van der Waals surface area contributed by atoms with Crippen molar-refractivity contribution in [3.63, 3.8) is 0 Å². The summed E-state index contributed by atoms with van der Waals surface area (Å²) in [4.78, 5) is 15.4. The molecule has 2 N–H and O–H groups in total. The van der Waals surface area contributed by atoms with Gasteiger partial charge >= 0.3 is 0 Å². The summed E-state index contributed by atoms with van der Waals surface area (Å²) >= 11 is 0. The molecule has 0 aliphatic rings. The lowest BCUT2D eigenvalue weighted by Crippen LogP contribution is -2.19. The van der Waals surface area contributed by atoms with E-state index in [-0.39, 0.29) is 5.56 Å². The fourth-order valence-corrected chi connectivity index (χ4v) is 1.78. The third kappa shape index (κ3) is 3.66. The van der Waals surface area contributed by atoms with Crippen LogP contribution in [-0.2, 0) is 13.1 Å². The van der Waals surface area contributed by atoms with Crippen molar-refractivity contribution in [3.8, 4) is 5.75 Å². The predicted octanol–water partition coefficient (Wildman–Crippen LogP) is 1.17. The van der Waals surface area contributed by atoms with Crippen LogP contribution in [0.5, 0.6) is 5.75 Å². The van der Waals surface area contributed by atoms with E-state index < -0.39 is 0 Å². The summed E-state index contributed by atoms with van der Waals surface area (Å²) in [6, 6.07) is 9.15. The molecule has 19 heavy (non-hydrogen) atoms. The van der Waals surface area contributed by atoms with E-state index in [2.05, 4.69) is 4.98 Å². The first-order valence-corrected chi connectivity index (χ1v) is 6.22. The molecule has 1 aromatic heterocycles. The maximum Gasteiger partial charge on any atom is 0.253 e. The van der Waals surface area contributed by atoms with Gasteiger partial charge in [-0.2, -0.15) is 0 Å². The van der Waals surface area contributed by atoms with Crippen LogP contribution in [0.3, 0.4) is 0 Å². The molecule has 5 nitrogen and oxygen atoms in total. The number of aromatic nitrogens is 2. The second kappa shape index (κ2) is 6.70. The van der Waals surface area contributed by atoms with Crippen LogP contribution in [0.4, 0.5) is 0 Å². The quantitative estimate of drug-likeness (QED) is 0.791. The second-order valence-electron chi connectivity index (χ2n) is 4.13. The molecule has 100 valence electrons. The number of aryl methyl sites for hydroxylation is 1. The van der Waals surface area contributed by atoms with Gasteiger partial charge in [-0.3, -0.25) is 9.36 Å². The van der Waals surface area contributed by atoms with Crippen LogP contribution in [0, 0.1) is 0 Å². The third-order valence-corrected chi connectivity index (χ3v) is 2.79. The summed E-state index contributed by atoms with van der Waals surface area (Å²) in [5, 5.41) is 0. The molecule has 0 spiro atoms. The zero-order valence-corrected chi connectivity index (χ0v) is 10.7. The van der Waals surface area contributed by atoms with Gasteiger partial charge in [0.1, 0.15) is 5.75 Å². The topological polar surface area (TPSA) is 70.1 Å². The molecule has 2 aromatic rings. The van der Waals surface area contributed by atoms with Crippen LogP contribution in [0.15, 0.2) is 47.7 Å². The monoisotopic (exact) mass is 259 g/mol. The van der Waals surface area contributed by atoms with Gasteiger partial charge in [0, 0.05) is 30.9 Å². The van der Waals surface area contributed by atoms with E-state index in [0.717, 1.165) is 17.7 Å². The maximum atomic E-state index is 11.4. The van der Waals surface area contributed by atoms with Crippen LogP contribution in [0.2, 0.25) is 0 Å². The van der Waals surface area contributed by atoms with Crippen molar-refractivity contribution in [1.29, 1.82) is 0 Å². The van der Waals surface area contributed by atoms with Crippen LogP contribution in [0.25, 0.3) is 0 Å². The Balaban J connectivity index is 1.84. The van der Waals surface area contributed by atoms with Crippen molar-refractivity contribution in [2.24, 2.45) is 5.73 Å². The van der Waals surface area contributed by atoms with Gasteiger partial charge < -0.3 is 10.5 Å². The van der Waals surface area contributed by atoms with Gasteiger partial charge in [-0.05, 0) is 12.5 Å². The number of ether oxygens (including phenoxy) is 1. The summed E-state index contributed by atoms with van der Waals surface area (Å²) in [6.45, 7) is 1.59. The Morgan fingerprint density at radius 2 is 2.11 bits per heavy atom. The van der Waals surface area contributed by atoms with E-state index in [1.807, 2.05) is 24.3 Å². The highest BCUT2D eigenvalue weighted by Gasteiger charge is 2.01. The Labute approximate surface area is 111 Å². The number of nitrogens with zero attached hydrogens (tertiary/aromatic N) is 2. The number of hydrogen-bond acceptors (Lipinski definition) is 4. The standard InChI is InChI=1S/C14H17N3O2/c15-10-12-4-1-2-5-13(12)19-9-3-8-17-11-16-7-6-14(17)18/h1-2,4-7,11H,3,8-10,15H2. The summed E-state index contributed by atoms with van der Waals surface area (Å²) in [5.41, 5.74) is 6.58. The lowest BCUT2D eigenvalue weighted by Gasteiger charge is -2.10. The number of hydrogen-bond donors (Lipinski definition) is 1. The van der Waals surface area contributed by atoms with E-state index in [1.54, 1.807) is 4.57 Å². The first-order valence-electron chi connectivity index (χ1n) is 6.22. The highest BCUT2D eigenvalue weighted by molar-refractivity contribution is 5.32. The number of benzene rings is 1. The Hall–Kier alpha value is -2.14. The fourth-order valence-electron chi connectivity index (χ4n) is 1.78. The first kappa shape index (κ1) is 13.3. The zero-order chi connectivity index (χ0) is 13.5. The molecule has 1 heterocycles. The van der Waals surface area contributed by atoms with Crippen molar-refractivity contribution < 1.29 is 4.74 Å². The summed E-state index contributed by atoms with van der Waals surface area (Å²) in [7, 11) is 0. The van der Waals surface area contributed by atoms with Crippen molar-refractivity contribution in [1.82, 2.24) is 9.55 Å². The van der Waals surface area contributed by atoms with Crippen molar-refractivity contribution in [2.45, 2.75) is 19.5 Å². The Bertz CT molecular complexity index is 581. The molecule has 0 saturated heterocycles. The normalized spacial score (nSPS) is 10.4. The van der Waals surface area contributed by atoms with Crippen molar-refractivity contribution in [3.05, 3.63) is 58.8 Å². The lowest BCUT2D eigenvalue weighted by molar-refractivity contribution is 0.298. The van der Waals surface area contributed by atoms with Crippen molar-refractivity contribution >= 4 is 0 Å². The van der Waals surface area contributed by atoms with Crippen LogP contribution < -0.4 is 16.0 Å². The number of nitrogens with two attached hydrogens (primary N) is 1. The first-order chi connectivity index (χ1) is 9.31. The molecule has 0 fully saturated rings. The molecule has 5 heteroatoms. The predicted molar refractivity (Wildman–Crippen MR) is 72.9 cm³/mol. The molecule has 0 atom stereocenters. The highest BCUT2D eigenvalue weighted by atomic mass is 16.5. The van der Waals surface area contributed by atoms with Gasteiger partial charge in [0.2, 0.25) is 0 Å². The molecular formula is C14H17N3O2. The van der Waals surface area contributed by atoms with Gasteiger partial charge in [0.15, 0.2) is 0 Å². The molecule has 0 radical (unpaired) electrons. The smallest absolute Gasteiger partial charge is 0.253 e.